The highest BCUT2D eigenvalue weighted by atomic mass is 79.9. The maximum atomic E-state index is 12.9. The Bertz CT molecular complexity index is 1050. The van der Waals surface area contributed by atoms with Gasteiger partial charge in [-0.25, -0.2) is 9.13 Å². The van der Waals surface area contributed by atoms with Gasteiger partial charge in [-0.05, 0) is 56.3 Å². The van der Waals surface area contributed by atoms with Crippen molar-refractivity contribution in [3.05, 3.63) is 58.1 Å². The van der Waals surface area contributed by atoms with E-state index in [1.165, 1.54) is 19.3 Å². The monoisotopic (exact) mass is 510 g/mol. The average Bonchev–Trinajstić information content (AvgIpc) is 2.98. The van der Waals surface area contributed by atoms with E-state index >= 15 is 0 Å². The molecule has 0 amide bonds. The van der Waals surface area contributed by atoms with Crippen LogP contribution in [-0.2, 0) is 13.1 Å². The topological polar surface area (TPSA) is 55.1 Å². The second-order valence-electron chi connectivity index (χ2n) is 7.53. The van der Waals surface area contributed by atoms with E-state index in [-0.39, 0.29) is 29.3 Å². The highest BCUT2D eigenvalue weighted by Crippen LogP contribution is 2.22. The summed E-state index contributed by atoms with van der Waals surface area (Å²) in [6.45, 7) is 4.18. The second kappa shape index (κ2) is 10.1. The van der Waals surface area contributed by atoms with Crippen LogP contribution in [0.3, 0.4) is 0 Å². The molecule has 160 valence electrons. The van der Waals surface area contributed by atoms with Crippen LogP contribution in [0.15, 0.2) is 42.5 Å². The first-order valence-electron chi connectivity index (χ1n) is 10.0. The highest BCUT2D eigenvalue weighted by molar-refractivity contribution is 6.36. The van der Waals surface area contributed by atoms with Gasteiger partial charge in [0.15, 0.2) is 5.78 Å². The number of fused-ring (bicyclic) bond motifs is 1. The van der Waals surface area contributed by atoms with Crippen molar-refractivity contribution in [1.29, 1.82) is 0 Å². The van der Waals surface area contributed by atoms with Gasteiger partial charge >= 0.3 is 5.95 Å². The summed E-state index contributed by atoms with van der Waals surface area (Å²) in [5, 5.41) is 0.864. The molecule has 0 spiro atoms. The van der Waals surface area contributed by atoms with Gasteiger partial charge in [0.1, 0.15) is 17.6 Å². The number of halogens is 3. The quantitative estimate of drug-likeness (QED) is 0.399. The fourth-order valence-corrected chi connectivity index (χ4v) is 4.60. The molecule has 0 atom stereocenters. The molecule has 4 rings (SSSR count). The van der Waals surface area contributed by atoms with Crippen LogP contribution in [0.25, 0.3) is 11.0 Å². The molecular formula is C22H25BrCl2N4O. The molecule has 1 fully saturated rings. The number of nitrogens with two attached hydrogens (primary N) is 1. The molecule has 1 aliphatic rings. The molecule has 0 aliphatic carbocycles. The Morgan fingerprint density at radius 3 is 2.50 bits per heavy atom. The van der Waals surface area contributed by atoms with Gasteiger partial charge in [0, 0.05) is 17.1 Å². The normalized spacial score (nSPS) is 14.6. The zero-order valence-corrected chi connectivity index (χ0v) is 19.8. The molecule has 1 aromatic heterocycles. The van der Waals surface area contributed by atoms with Gasteiger partial charge in [-0.1, -0.05) is 41.8 Å². The summed E-state index contributed by atoms with van der Waals surface area (Å²) >= 11 is 12.2. The molecule has 2 N–H and O–H groups in total. The van der Waals surface area contributed by atoms with Crippen LogP contribution in [0.5, 0.6) is 0 Å². The van der Waals surface area contributed by atoms with E-state index < -0.39 is 0 Å². The number of carbonyl (C=O) groups excluding carboxylic acids is 1. The third-order valence-corrected chi connectivity index (χ3v) is 6.19. The molecule has 3 aromatic rings. The molecule has 0 bridgehead atoms. The SMILES string of the molecule is Nc1n(CCN2CCCCC2)c2ccccc2[n+]1CC(=O)c1ccc(Cl)cc1Cl.[Br-]. The number of anilines is 1. The Balaban J connectivity index is 0.00000256. The number of likely N-dealkylation sites (tertiary alicyclic amines) is 1. The Morgan fingerprint density at radius 1 is 1.03 bits per heavy atom. The summed E-state index contributed by atoms with van der Waals surface area (Å²) in [6, 6.07) is 13.0. The van der Waals surface area contributed by atoms with Crippen LogP contribution in [0.2, 0.25) is 10.0 Å². The number of ketones is 1. The third kappa shape index (κ3) is 4.83. The zero-order chi connectivity index (χ0) is 20.4. The van der Waals surface area contributed by atoms with E-state index in [1.54, 1.807) is 18.2 Å². The van der Waals surface area contributed by atoms with E-state index in [0.717, 1.165) is 37.2 Å². The highest BCUT2D eigenvalue weighted by Gasteiger charge is 2.24. The van der Waals surface area contributed by atoms with Crippen molar-refractivity contribution in [3.8, 4) is 0 Å². The minimum atomic E-state index is -0.0951. The first kappa shape index (κ1) is 23.1. The lowest BCUT2D eigenvalue weighted by molar-refractivity contribution is -0.642. The Morgan fingerprint density at radius 2 is 1.77 bits per heavy atom. The molecule has 1 aliphatic heterocycles. The molecule has 8 heteroatoms. The summed E-state index contributed by atoms with van der Waals surface area (Å²) in [5.41, 5.74) is 8.96. The Hall–Kier alpha value is -1.60. The first-order valence-corrected chi connectivity index (χ1v) is 10.8. The van der Waals surface area contributed by atoms with Crippen LogP contribution in [-0.4, -0.2) is 34.9 Å². The van der Waals surface area contributed by atoms with Gasteiger partial charge in [-0.3, -0.25) is 10.5 Å². The van der Waals surface area contributed by atoms with Gasteiger partial charge < -0.3 is 21.9 Å². The van der Waals surface area contributed by atoms with Crippen molar-refractivity contribution in [2.45, 2.75) is 32.4 Å². The van der Waals surface area contributed by atoms with E-state index in [4.69, 9.17) is 28.9 Å². The predicted molar refractivity (Wildman–Crippen MR) is 118 cm³/mol. The number of imidazole rings is 1. The van der Waals surface area contributed by atoms with Gasteiger partial charge in [-0.2, -0.15) is 0 Å². The number of benzene rings is 2. The maximum Gasteiger partial charge on any atom is 0.356 e. The third-order valence-electron chi connectivity index (χ3n) is 5.64. The largest absolute Gasteiger partial charge is 1.00 e. The molecule has 0 radical (unpaired) electrons. The molecule has 2 heterocycles. The lowest BCUT2D eigenvalue weighted by atomic mass is 10.1. The Labute approximate surface area is 197 Å². The van der Waals surface area contributed by atoms with Crippen LogP contribution in [0, 0.1) is 0 Å². The summed E-state index contributed by atoms with van der Waals surface area (Å²) < 4.78 is 3.99. The molecule has 30 heavy (non-hydrogen) atoms. The number of para-hydroxylation sites is 2. The smallest absolute Gasteiger partial charge is 0.356 e. The lowest BCUT2D eigenvalue weighted by Crippen LogP contribution is -3.00. The van der Waals surface area contributed by atoms with Gasteiger partial charge in [-0.15, -0.1) is 0 Å². The molecule has 0 saturated carbocycles. The van der Waals surface area contributed by atoms with Crippen molar-refractivity contribution in [2.75, 3.05) is 25.4 Å². The predicted octanol–water partition coefficient (Wildman–Crippen LogP) is 1.19. The van der Waals surface area contributed by atoms with Crippen molar-refractivity contribution < 1.29 is 26.3 Å². The lowest BCUT2D eigenvalue weighted by Gasteiger charge is -2.25. The van der Waals surface area contributed by atoms with Crippen molar-refractivity contribution >= 4 is 46.0 Å². The van der Waals surface area contributed by atoms with Crippen molar-refractivity contribution in [2.24, 2.45) is 0 Å². The zero-order valence-electron chi connectivity index (χ0n) is 16.7. The number of rotatable bonds is 6. The van der Waals surface area contributed by atoms with E-state index in [2.05, 4.69) is 15.5 Å². The number of piperidine rings is 1. The molecule has 2 aromatic carbocycles. The Kier molecular flexibility index (Phi) is 7.80. The number of carbonyl (C=O) groups is 1. The van der Waals surface area contributed by atoms with Crippen molar-refractivity contribution in [3.63, 3.8) is 0 Å². The van der Waals surface area contributed by atoms with Crippen LogP contribution >= 0.6 is 23.2 Å². The minimum absolute atomic E-state index is 0. The van der Waals surface area contributed by atoms with E-state index in [9.17, 15) is 4.79 Å². The fourth-order valence-electron chi connectivity index (χ4n) is 4.08. The van der Waals surface area contributed by atoms with Crippen molar-refractivity contribution in [1.82, 2.24) is 9.47 Å². The number of nitrogen functional groups attached to an aromatic ring is 1. The first-order chi connectivity index (χ1) is 14.0. The summed E-state index contributed by atoms with van der Waals surface area (Å²) in [7, 11) is 0. The number of aromatic nitrogens is 2. The summed E-state index contributed by atoms with van der Waals surface area (Å²) in [6.07, 6.45) is 3.84. The van der Waals surface area contributed by atoms with Gasteiger partial charge in [0.2, 0.25) is 0 Å². The average molecular weight is 512 g/mol. The van der Waals surface area contributed by atoms with Gasteiger partial charge in [0.05, 0.1) is 11.6 Å². The second-order valence-corrected chi connectivity index (χ2v) is 8.38. The fraction of sp³-hybridized carbons (Fsp3) is 0.364. The van der Waals surface area contributed by atoms with E-state index in [1.807, 2.05) is 22.8 Å². The standard InChI is InChI=1S/C22H24Cl2N4O.BrH/c23-16-8-9-17(18(24)14-16)21(29)15-28-20-7-3-2-6-19(20)27(22(28)25)13-12-26-10-4-1-5-11-26;/h2-3,6-9,14,25H,1,4-5,10-13,15H2;1H. The number of hydrogen-bond acceptors (Lipinski definition) is 3. The number of nitrogens with zero attached hydrogens (tertiary/aromatic N) is 3. The molecule has 0 unspecified atom stereocenters. The van der Waals surface area contributed by atoms with Crippen LogP contribution < -0.4 is 27.3 Å². The van der Waals surface area contributed by atoms with E-state index in [0.29, 0.717) is 21.6 Å². The minimum Gasteiger partial charge on any atom is -1.00 e. The molecule has 1 saturated heterocycles. The number of Topliss-reactive ketones (excluding diaryl/α,β-unsaturated/α-hetero) is 1. The van der Waals surface area contributed by atoms with Crippen LogP contribution in [0.1, 0.15) is 29.6 Å². The maximum absolute atomic E-state index is 12.9. The molecule has 5 nitrogen and oxygen atoms in total. The summed E-state index contributed by atoms with van der Waals surface area (Å²) in [4.78, 5) is 15.4. The molecular weight excluding hydrogens is 487 g/mol. The summed E-state index contributed by atoms with van der Waals surface area (Å²) in [5.74, 6) is 0.490. The number of hydrogen-bond donors (Lipinski definition) is 1. The van der Waals surface area contributed by atoms with Gasteiger partial charge in [0.25, 0.3) is 0 Å². The van der Waals surface area contributed by atoms with Crippen LogP contribution in [0.4, 0.5) is 5.95 Å².